The van der Waals surface area contributed by atoms with Crippen LogP contribution in [-0.4, -0.2) is 16.2 Å². The quantitative estimate of drug-likeness (QED) is 0.663. The molecule has 0 aliphatic carbocycles. The van der Waals surface area contributed by atoms with Crippen molar-refractivity contribution >= 4 is 45.2 Å². The third kappa shape index (κ3) is 2.18. The van der Waals surface area contributed by atoms with Crippen LogP contribution < -0.4 is 5.01 Å². The van der Waals surface area contributed by atoms with Gasteiger partial charge in [-0.05, 0) is 28.6 Å². The summed E-state index contributed by atoms with van der Waals surface area (Å²) in [5, 5.41) is 8.70. The summed E-state index contributed by atoms with van der Waals surface area (Å²) in [7, 11) is 0. The smallest absolute Gasteiger partial charge is 0.225 e. The fourth-order valence-electron chi connectivity index (χ4n) is 2.55. The van der Waals surface area contributed by atoms with Gasteiger partial charge in [0.25, 0.3) is 0 Å². The van der Waals surface area contributed by atoms with E-state index < -0.39 is 0 Å². The second-order valence-corrected chi connectivity index (χ2v) is 6.01. The lowest BCUT2D eigenvalue weighted by Gasteiger charge is -2.23. The zero-order valence-corrected chi connectivity index (χ0v) is 12.6. The van der Waals surface area contributed by atoms with Gasteiger partial charge in [-0.15, -0.1) is 11.3 Å². The fourth-order valence-corrected chi connectivity index (χ4v) is 3.53. The number of halogens is 1. The van der Waals surface area contributed by atoms with Crippen molar-refractivity contribution in [2.24, 2.45) is 5.10 Å². The van der Waals surface area contributed by atoms with Gasteiger partial charge in [0.1, 0.15) is 0 Å². The molecule has 0 spiro atoms. The third-order valence-corrected chi connectivity index (χ3v) is 4.56. The van der Waals surface area contributed by atoms with Crippen LogP contribution in [0, 0.1) is 0 Å². The highest BCUT2D eigenvalue weighted by molar-refractivity contribution is 7.17. The van der Waals surface area contributed by atoms with Crippen molar-refractivity contribution in [1.82, 2.24) is 9.97 Å². The maximum Gasteiger partial charge on any atom is 0.225 e. The number of anilines is 1. The Balaban J connectivity index is 1.84. The number of hydrogen-bond donors (Lipinski definition) is 0. The Bertz CT molecular complexity index is 815. The minimum atomic E-state index is 0.155. The van der Waals surface area contributed by atoms with Crippen molar-refractivity contribution in [3.8, 4) is 0 Å². The molecule has 0 fully saturated rings. The van der Waals surface area contributed by atoms with Crippen LogP contribution >= 0.6 is 22.9 Å². The van der Waals surface area contributed by atoms with Gasteiger partial charge in [0.05, 0.1) is 16.3 Å². The summed E-state index contributed by atoms with van der Waals surface area (Å²) in [6.07, 6.45) is 2.78. The molecular weight excluding hydrogens is 304 g/mol. The molecule has 0 saturated heterocycles. The summed E-state index contributed by atoms with van der Waals surface area (Å²) in [4.78, 5) is 8.66. The van der Waals surface area contributed by atoms with E-state index in [2.05, 4.69) is 27.2 Å². The molecule has 4 nitrogen and oxygen atoms in total. The number of thiophene rings is 1. The van der Waals surface area contributed by atoms with Crippen molar-refractivity contribution in [3.05, 3.63) is 52.6 Å². The van der Waals surface area contributed by atoms with Crippen LogP contribution in [-0.2, 0) is 0 Å². The maximum absolute atomic E-state index is 6.06. The normalized spacial score (nSPS) is 17.8. The molecule has 1 aliphatic rings. The highest BCUT2D eigenvalue weighted by atomic mass is 35.5. The van der Waals surface area contributed by atoms with E-state index in [1.165, 1.54) is 5.56 Å². The summed E-state index contributed by atoms with van der Waals surface area (Å²) in [6.45, 7) is 0. The molecule has 1 unspecified atom stereocenters. The Hall–Kier alpha value is -1.98. The van der Waals surface area contributed by atoms with Crippen LogP contribution in [0.4, 0.5) is 5.82 Å². The summed E-state index contributed by atoms with van der Waals surface area (Å²) >= 11 is 7.66. The van der Waals surface area contributed by atoms with E-state index in [1.807, 2.05) is 40.9 Å². The number of benzene rings is 1. The van der Waals surface area contributed by atoms with Gasteiger partial charge in [0.2, 0.25) is 5.28 Å². The van der Waals surface area contributed by atoms with Gasteiger partial charge in [-0.1, -0.05) is 30.3 Å². The van der Waals surface area contributed by atoms with Crippen LogP contribution in [0.5, 0.6) is 0 Å². The van der Waals surface area contributed by atoms with Crippen molar-refractivity contribution in [2.45, 2.75) is 12.5 Å². The largest absolute Gasteiger partial charge is 0.239 e. The number of rotatable bonds is 2. The van der Waals surface area contributed by atoms with E-state index in [1.54, 1.807) is 11.3 Å². The number of aromatic nitrogens is 2. The maximum atomic E-state index is 6.06. The lowest BCUT2D eigenvalue weighted by atomic mass is 10.0. The highest BCUT2D eigenvalue weighted by Crippen LogP contribution is 2.37. The van der Waals surface area contributed by atoms with Gasteiger partial charge in [-0.3, -0.25) is 0 Å². The minimum Gasteiger partial charge on any atom is -0.239 e. The molecule has 4 rings (SSSR count). The molecule has 3 aromatic rings. The topological polar surface area (TPSA) is 41.4 Å². The Morgan fingerprint density at radius 3 is 2.86 bits per heavy atom. The Labute approximate surface area is 130 Å². The Morgan fingerprint density at radius 1 is 1.14 bits per heavy atom. The van der Waals surface area contributed by atoms with Crippen LogP contribution in [0.2, 0.25) is 5.28 Å². The molecular formula is C15H11ClN4S. The molecule has 0 bridgehead atoms. The first kappa shape index (κ1) is 12.7. The van der Waals surface area contributed by atoms with Gasteiger partial charge in [-0.2, -0.15) is 10.1 Å². The standard InChI is InChI=1S/C15H11ClN4S/c16-15-18-11-7-9-21-13(11)14(19-15)20-12(6-8-17-20)10-4-2-1-3-5-10/h1-5,7-9,12H,6H2. The van der Waals surface area contributed by atoms with E-state index in [0.29, 0.717) is 0 Å². The third-order valence-electron chi connectivity index (χ3n) is 3.49. The molecule has 6 heteroatoms. The average molecular weight is 315 g/mol. The molecule has 21 heavy (non-hydrogen) atoms. The van der Waals surface area contributed by atoms with Crippen molar-refractivity contribution in [2.75, 3.05) is 5.01 Å². The molecule has 0 radical (unpaired) electrons. The molecule has 1 aliphatic heterocycles. The number of nitrogens with zero attached hydrogens (tertiary/aromatic N) is 4. The average Bonchev–Trinajstić information content (AvgIpc) is 3.16. The first-order valence-corrected chi connectivity index (χ1v) is 7.86. The Morgan fingerprint density at radius 2 is 2.00 bits per heavy atom. The SMILES string of the molecule is Clc1nc(N2N=CCC2c2ccccc2)c2sccc2n1. The molecule has 1 aromatic carbocycles. The minimum absolute atomic E-state index is 0.155. The molecule has 0 N–H and O–H groups in total. The van der Waals surface area contributed by atoms with Gasteiger partial charge in [0, 0.05) is 12.6 Å². The summed E-state index contributed by atoms with van der Waals surface area (Å²) in [6, 6.07) is 12.4. The van der Waals surface area contributed by atoms with Gasteiger partial charge >= 0.3 is 0 Å². The molecule has 104 valence electrons. The van der Waals surface area contributed by atoms with Gasteiger partial charge < -0.3 is 0 Å². The van der Waals surface area contributed by atoms with E-state index in [0.717, 1.165) is 22.5 Å². The predicted molar refractivity (Wildman–Crippen MR) is 87.2 cm³/mol. The van der Waals surface area contributed by atoms with Crippen LogP contribution in [0.25, 0.3) is 10.2 Å². The van der Waals surface area contributed by atoms with Gasteiger partial charge in [0.15, 0.2) is 5.82 Å². The summed E-state index contributed by atoms with van der Waals surface area (Å²) in [5.74, 6) is 0.780. The Kier molecular flexibility index (Phi) is 3.09. The van der Waals surface area contributed by atoms with E-state index in [9.17, 15) is 0 Å². The summed E-state index contributed by atoms with van der Waals surface area (Å²) in [5.41, 5.74) is 2.08. The molecule has 3 heterocycles. The van der Waals surface area contributed by atoms with Crippen molar-refractivity contribution in [1.29, 1.82) is 0 Å². The zero-order valence-electron chi connectivity index (χ0n) is 11.0. The lowest BCUT2D eigenvalue weighted by molar-refractivity contribution is 0.702. The highest BCUT2D eigenvalue weighted by Gasteiger charge is 2.27. The molecule has 1 atom stereocenters. The van der Waals surface area contributed by atoms with E-state index in [4.69, 9.17) is 11.6 Å². The van der Waals surface area contributed by atoms with Gasteiger partial charge in [-0.25, -0.2) is 9.99 Å². The monoisotopic (exact) mass is 314 g/mol. The molecule has 0 amide bonds. The number of fused-ring (bicyclic) bond motifs is 1. The first-order valence-electron chi connectivity index (χ1n) is 6.60. The second-order valence-electron chi connectivity index (χ2n) is 4.76. The van der Waals surface area contributed by atoms with Crippen LogP contribution in [0.3, 0.4) is 0 Å². The number of hydrogen-bond acceptors (Lipinski definition) is 5. The van der Waals surface area contributed by atoms with Crippen molar-refractivity contribution < 1.29 is 0 Å². The fraction of sp³-hybridized carbons (Fsp3) is 0.133. The van der Waals surface area contributed by atoms with E-state index in [-0.39, 0.29) is 11.3 Å². The molecule has 2 aromatic heterocycles. The van der Waals surface area contributed by atoms with E-state index >= 15 is 0 Å². The van der Waals surface area contributed by atoms with Crippen LogP contribution in [0.15, 0.2) is 46.9 Å². The summed E-state index contributed by atoms with van der Waals surface area (Å²) < 4.78 is 1.01. The first-order chi connectivity index (χ1) is 10.3. The molecule has 0 saturated carbocycles. The number of hydrazone groups is 1. The lowest BCUT2D eigenvalue weighted by Crippen LogP contribution is -2.20. The predicted octanol–water partition coefficient (Wildman–Crippen LogP) is 4.28. The van der Waals surface area contributed by atoms with Crippen molar-refractivity contribution in [3.63, 3.8) is 0 Å². The zero-order chi connectivity index (χ0) is 14.2. The second kappa shape index (κ2) is 5.09. The van der Waals surface area contributed by atoms with Crippen LogP contribution in [0.1, 0.15) is 18.0 Å².